The number of nitrogens with zero attached hydrogens (tertiary/aromatic N) is 2. The number of aryl methyl sites for hydroxylation is 2. The van der Waals surface area contributed by atoms with E-state index in [1.54, 1.807) is 5.51 Å². The van der Waals surface area contributed by atoms with Gasteiger partial charge in [0.1, 0.15) is 5.58 Å². The largest absolute Gasteiger partial charge is 0.451 e. The van der Waals surface area contributed by atoms with Crippen molar-refractivity contribution in [3.05, 3.63) is 51.7 Å². The van der Waals surface area contributed by atoms with Gasteiger partial charge in [0.15, 0.2) is 5.76 Å². The van der Waals surface area contributed by atoms with Crippen molar-refractivity contribution in [2.75, 3.05) is 0 Å². The van der Waals surface area contributed by atoms with Crippen molar-refractivity contribution in [2.24, 2.45) is 5.10 Å². The molecule has 2 heterocycles. The molecule has 0 saturated heterocycles. The van der Waals surface area contributed by atoms with Crippen LogP contribution in [0, 0.1) is 13.8 Å². The van der Waals surface area contributed by atoms with Gasteiger partial charge in [0.25, 0.3) is 0 Å². The third-order valence-corrected chi connectivity index (χ3v) is 4.49. The average Bonchev–Trinajstić information content (AvgIpc) is 3.09. The van der Waals surface area contributed by atoms with Crippen molar-refractivity contribution in [3.8, 4) is 0 Å². The van der Waals surface area contributed by atoms with Crippen LogP contribution >= 0.6 is 11.3 Å². The number of carbonyl (C=O) groups excluding carboxylic acids is 1. The number of thiazole rings is 1. The standard InChI is InChI=1S/C16H15N3O2S/c1-9-12-6-4-5-7-13(12)21-14(9)16(20)19-18-11(3)15-10(2)17-8-22-15/h4-8H,1-3H3,(H,19,20). The van der Waals surface area contributed by atoms with Gasteiger partial charge in [-0.2, -0.15) is 5.10 Å². The molecule has 3 aromatic rings. The summed E-state index contributed by atoms with van der Waals surface area (Å²) in [5.41, 5.74) is 7.45. The van der Waals surface area contributed by atoms with Crippen LogP contribution in [0.15, 0.2) is 39.3 Å². The minimum atomic E-state index is -0.352. The lowest BCUT2D eigenvalue weighted by atomic mass is 10.1. The van der Waals surface area contributed by atoms with E-state index in [1.807, 2.05) is 45.0 Å². The van der Waals surface area contributed by atoms with Crippen LogP contribution in [0.25, 0.3) is 11.0 Å². The van der Waals surface area contributed by atoms with Crippen molar-refractivity contribution in [1.29, 1.82) is 0 Å². The summed E-state index contributed by atoms with van der Waals surface area (Å²) in [6.45, 7) is 5.62. The second kappa shape index (κ2) is 5.73. The van der Waals surface area contributed by atoms with Gasteiger partial charge in [0.2, 0.25) is 0 Å². The number of hydrogen-bond acceptors (Lipinski definition) is 5. The highest BCUT2D eigenvalue weighted by Gasteiger charge is 2.17. The van der Waals surface area contributed by atoms with Gasteiger partial charge in [0.05, 0.1) is 21.8 Å². The van der Waals surface area contributed by atoms with E-state index in [4.69, 9.17) is 4.42 Å². The third-order valence-electron chi connectivity index (χ3n) is 3.45. The maximum absolute atomic E-state index is 12.3. The van der Waals surface area contributed by atoms with Crippen molar-refractivity contribution in [1.82, 2.24) is 10.4 Å². The Labute approximate surface area is 131 Å². The van der Waals surface area contributed by atoms with Gasteiger partial charge < -0.3 is 4.42 Å². The number of hydrogen-bond donors (Lipinski definition) is 1. The number of rotatable bonds is 3. The molecule has 1 amide bonds. The molecule has 112 valence electrons. The van der Waals surface area contributed by atoms with Gasteiger partial charge in [-0.3, -0.25) is 4.79 Å². The highest BCUT2D eigenvalue weighted by molar-refractivity contribution is 7.12. The first kappa shape index (κ1) is 14.5. The fourth-order valence-electron chi connectivity index (χ4n) is 2.28. The molecule has 6 heteroatoms. The Hall–Kier alpha value is -2.47. The Balaban J connectivity index is 1.85. The third kappa shape index (κ3) is 2.53. The molecule has 0 aliphatic heterocycles. The van der Waals surface area contributed by atoms with Gasteiger partial charge in [0, 0.05) is 10.9 Å². The SMILES string of the molecule is CC(=NNC(=O)c1oc2ccccc2c1C)c1scnc1C. The molecule has 2 aromatic heterocycles. The van der Waals surface area contributed by atoms with Gasteiger partial charge in [-0.15, -0.1) is 11.3 Å². The maximum atomic E-state index is 12.3. The molecule has 0 radical (unpaired) electrons. The number of furan rings is 1. The number of para-hydroxylation sites is 1. The molecular weight excluding hydrogens is 298 g/mol. The quantitative estimate of drug-likeness (QED) is 0.592. The Bertz CT molecular complexity index is 877. The maximum Gasteiger partial charge on any atom is 0.307 e. The summed E-state index contributed by atoms with van der Waals surface area (Å²) in [6.07, 6.45) is 0. The number of benzene rings is 1. The van der Waals surface area contributed by atoms with E-state index < -0.39 is 0 Å². The van der Waals surface area contributed by atoms with Crippen LogP contribution in [-0.4, -0.2) is 16.6 Å². The molecule has 0 aliphatic rings. The van der Waals surface area contributed by atoms with Crippen molar-refractivity contribution in [3.63, 3.8) is 0 Å². The molecule has 5 nitrogen and oxygen atoms in total. The first-order valence-corrected chi connectivity index (χ1v) is 7.69. The second-order valence-electron chi connectivity index (χ2n) is 4.96. The lowest BCUT2D eigenvalue weighted by Crippen LogP contribution is -2.19. The second-order valence-corrected chi connectivity index (χ2v) is 5.81. The number of hydrazone groups is 1. The summed E-state index contributed by atoms with van der Waals surface area (Å²) in [6, 6.07) is 7.57. The van der Waals surface area contributed by atoms with Crippen LogP contribution in [0.5, 0.6) is 0 Å². The van der Waals surface area contributed by atoms with Gasteiger partial charge in [-0.25, -0.2) is 10.4 Å². The molecular formula is C16H15N3O2S. The fourth-order valence-corrected chi connectivity index (χ4v) is 3.03. The lowest BCUT2D eigenvalue weighted by molar-refractivity contribution is 0.0928. The number of amides is 1. The van der Waals surface area contributed by atoms with Crippen molar-refractivity contribution < 1.29 is 9.21 Å². The monoisotopic (exact) mass is 313 g/mol. The molecule has 0 atom stereocenters. The van der Waals surface area contributed by atoms with Crippen LogP contribution < -0.4 is 5.43 Å². The molecule has 1 aromatic carbocycles. The molecule has 0 bridgehead atoms. The predicted molar refractivity (Wildman–Crippen MR) is 87.5 cm³/mol. The fraction of sp³-hybridized carbons (Fsp3) is 0.188. The van der Waals surface area contributed by atoms with Crippen LogP contribution in [0.2, 0.25) is 0 Å². The average molecular weight is 313 g/mol. The van der Waals surface area contributed by atoms with E-state index >= 15 is 0 Å². The zero-order chi connectivity index (χ0) is 15.7. The topological polar surface area (TPSA) is 67.5 Å². The van der Waals surface area contributed by atoms with E-state index in [0.717, 1.165) is 27.2 Å². The number of nitrogens with one attached hydrogen (secondary N) is 1. The van der Waals surface area contributed by atoms with Crippen molar-refractivity contribution in [2.45, 2.75) is 20.8 Å². The number of aromatic nitrogens is 1. The predicted octanol–water partition coefficient (Wildman–Crippen LogP) is 3.66. The highest BCUT2D eigenvalue weighted by Crippen LogP contribution is 2.24. The Morgan fingerprint density at radius 3 is 2.77 bits per heavy atom. The number of carbonyl (C=O) groups is 1. The summed E-state index contributed by atoms with van der Waals surface area (Å²) in [5, 5.41) is 5.08. The van der Waals surface area contributed by atoms with E-state index in [1.165, 1.54) is 11.3 Å². The first-order valence-electron chi connectivity index (χ1n) is 6.81. The first-order chi connectivity index (χ1) is 10.6. The summed E-state index contributed by atoms with van der Waals surface area (Å²) < 4.78 is 5.62. The highest BCUT2D eigenvalue weighted by atomic mass is 32.1. The van der Waals surface area contributed by atoms with Crippen LogP contribution in [-0.2, 0) is 0 Å². The van der Waals surface area contributed by atoms with Gasteiger partial charge >= 0.3 is 5.91 Å². The zero-order valence-corrected chi connectivity index (χ0v) is 13.3. The molecule has 0 spiro atoms. The molecule has 0 unspecified atom stereocenters. The van der Waals surface area contributed by atoms with Crippen LogP contribution in [0.1, 0.15) is 33.6 Å². The van der Waals surface area contributed by atoms with Crippen LogP contribution in [0.4, 0.5) is 0 Å². The minimum Gasteiger partial charge on any atom is -0.451 e. The molecule has 3 rings (SSSR count). The Kier molecular flexibility index (Phi) is 3.77. The summed E-state index contributed by atoms with van der Waals surface area (Å²) in [7, 11) is 0. The van der Waals surface area contributed by atoms with E-state index in [9.17, 15) is 4.79 Å². The lowest BCUT2D eigenvalue weighted by Gasteiger charge is -2.00. The Morgan fingerprint density at radius 2 is 2.09 bits per heavy atom. The summed E-state index contributed by atoms with van der Waals surface area (Å²) in [5.74, 6) is -0.0611. The van der Waals surface area contributed by atoms with E-state index in [2.05, 4.69) is 15.5 Å². The van der Waals surface area contributed by atoms with Gasteiger partial charge in [-0.05, 0) is 26.8 Å². The molecule has 1 N–H and O–H groups in total. The summed E-state index contributed by atoms with van der Waals surface area (Å²) >= 11 is 1.50. The van der Waals surface area contributed by atoms with Crippen LogP contribution in [0.3, 0.4) is 0 Å². The smallest absolute Gasteiger partial charge is 0.307 e. The zero-order valence-electron chi connectivity index (χ0n) is 12.5. The van der Waals surface area contributed by atoms with Crippen molar-refractivity contribution >= 4 is 33.9 Å². The molecule has 0 aliphatic carbocycles. The van der Waals surface area contributed by atoms with E-state index in [-0.39, 0.29) is 5.91 Å². The molecule has 0 fully saturated rings. The molecule has 0 saturated carbocycles. The Morgan fingerprint density at radius 1 is 1.32 bits per heavy atom. The molecule has 22 heavy (non-hydrogen) atoms. The van der Waals surface area contributed by atoms with Gasteiger partial charge in [-0.1, -0.05) is 18.2 Å². The number of fused-ring (bicyclic) bond motifs is 1. The minimum absolute atomic E-state index is 0.291. The summed E-state index contributed by atoms with van der Waals surface area (Å²) in [4.78, 5) is 17.4. The normalized spacial score (nSPS) is 11.9. The van der Waals surface area contributed by atoms with E-state index in [0.29, 0.717) is 11.3 Å².